The largest absolute Gasteiger partial charge is 0.417 e. The maximum absolute atomic E-state index is 13.1. The van der Waals surface area contributed by atoms with Gasteiger partial charge in [0.25, 0.3) is 0 Å². The van der Waals surface area contributed by atoms with Crippen LogP contribution in [0.15, 0.2) is 44.7 Å². The third kappa shape index (κ3) is 2.44. The second kappa shape index (κ2) is 4.87. The minimum Gasteiger partial charge on any atom is -0.294 e. The zero-order valence-electron chi connectivity index (χ0n) is 11.0. The molecule has 0 radical (unpaired) electrons. The van der Waals surface area contributed by atoms with Crippen LogP contribution in [0.4, 0.5) is 13.2 Å². The molecule has 0 amide bonds. The summed E-state index contributed by atoms with van der Waals surface area (Å²) in [6, 6.07) is 3.89. The number of hydrogen-bond acceptors (Lipinski definition) is 3. The summed E-state index contributed by atoms with van der Waals surface area (Å²) >= 11 is 0.759. The Hall–Kier alpha value is -1.82. The second-order valence-corrected chi connectivity index (χ2v) is 5.73. The van der Waals surface area contributed by atoms with Gasteiger partial charge in [0.15, 0.2) is 5.78 Å². The fraction of sp³-hybridized carbons (Fsp3) is 0.200. The van der Waals surface area contributed by atoms with Crippen molar-refractivity contribution < 1.29 is 18.0 Å². The van der Waals surface area contributed by atoms with Crippen molar-refractivity contribution in [1.82, 2.24) is 0 Å². The van der Waals surface area contributed by atoms with Gasteiger partial charge in [0.05, 0.1) is 10.5 Å². The van der Waals surface area contributed by atoms with E-state index in [-0.39, 0.29) is 17.1 Å². The molecule has 0 spiro atoms. The van der Waals surface area contributed by atoms with E-state index in [2.05, 4.69) is 4.40 Å². The van der Waals surface area contributed by atoms with E-state index in [0.717, 1.165) is 23.6 Å². The van der Waals surface area contributed by atoms with Gasteiger partial charge in [-0.15, -0.1) is 0 Å². The minimum atomic E-state index is -4.47. The molecule has 0 unspecified atom stereocenters. The van der Waals surface area contributed by atoms with Gasteiger partial charge in [0, 0.05) is 41.3 Å². The van der Waals surface area contributed by atoms with E-state index in [1.165, 1.54) is 12.3 Å². The number of hydrogen-bond donors (Lipinski definition) is 0. The first-order valence-electron chi connectivity index (χ1n) is 6.23. The molecule has 6 heteroatoms. The van der Waals surface area contributed by atoms with Gasteiger partial charge in [-0.3, -0.25) is 4.79 Å². The van der Waals surface area contributed by atoms with Crippen molar-refractivity contribution in [2.75, 3.05) is 0 Å². The maximum atomic E-state index is 13.1. The molecule has 0 atom stereocenters. The molecule has 1 aromatic carbocycles. The molecule has 1 aliphatic carbocycles. The van der Waals surface area contributed by atoms with E-state index in [1.807, 2.05) is 6.92 Å². The minimum absolute atomic E-state index is 0.00690. The first kappa shape index (κ1) is 14.1. The molecule has 0 saturated heterocycles. The van der Waals surface area contributed by atoms with Crippen LogP contribution in [-0.4, -0.2) is 12.0 Å². The highest BCUT2D eigenvalue weighted by molar-refractivity contribution is 7.98. The SMILES string of the molecule is CC1=CC2=C(C(=O)C1)c1cccc(C(F)(F)F)c1SN=C2. The Balaban J connectivity index is 2.29. The average molecular weight is 309 g/mol. The van der Waals surface area contributed by atoms with Crippen LogP contribution >= 0.6 is 11.9 Å². The number of nitrogens with zero attached hydrogens (tertiary/aromatic N) is 1. The molecule has 1 aliphatic heterocycles. The zero-order chi connectivity index (χ0) is 15.2. The van der Waals surface area contributed by atoms with Crippen LogP contribution in [0, 0.1) is 0 Å². The molecule has 0 N–H and O–H groups in total. The van der Waals surface area contributed by atoms with Gasteiger partial charge in [-0.05, 0) is 13.0 Å². The summed E-state index contributed by atoms with van der Waals surface area (Å²) in [6.07, 6.45) is -0.980. The molecule has 21 heavy (non-hydrogen) atoms. The first-order chi connectivity index (χ1) is 9.88. The molecule has 0 aromatic heterocycles. The number of allylic oxidation sites excluding steroid dienone is 4. The molecule has 0 bridgehead atoms. The molecule has 2 aliphatic rings. The maximum Gasteiger partial charge on any atom is 0.417 e. The predicted octanol–water partition coefficient (Wildman–Crippen LogP) is 4.47. The normalized spacial score (nSPS) is 18.1. The highest BCUT2D eigenvalue weighted by atomic mass is 32.2. The molecule has 1 aromatic rings. The van der Waals surface area contributed by atoms with Gasteiger partial charge in [-0.2, -0.15) is 13.2 Å². The molecular formula is C15H10F3NOS. The zero-order valence-corrected chi connectivity index (χ0v) is 11.8. The Kier molecular flexibility index (Phi) is 3.28. The van der Waals surface area contributed by atoms with Crippen LogP contribution in [-0.2, 0) is 11.0 Å². The number of ketones is 1. The third-order valence-corrected chi connectivity index (χ3v) is 4.17. The summed E-state index contributed by atoms with van der Waals surface area (Å²) in [5.41, 5.74) is 1.35. The van der Waals surface area contributed by atoms with Crippen LogP contribution in [0.25, 0.3) is 5.57 Å². The van der Waals surface area contributed by atoms with Crippen molar-refractivity contribution >= 4 is 29.5 Å². The summed E-state index contributed by atoms with van der Waals surface area (Å²) in [6.45, 7) is 1.82. The van der Waals surface area contributed by atoms with Crippen LogP contribution < -0.4 is 0 Å². The standard InChI is InChI=1S/C15H10F3NOS/c1-8-5-9-7-19-21-14-10(13(9)12(20)6-8)3-2-4-11(14)15(16,17)18/h2-5,7H,6H2,1H3. The number of benzene rings is 1. The highest BCUT2D eigenvalue weighted by Gasteiger charge is 2.36. The van der Waals surface area contributed by atoms with Crippen molar-refractivity contribution in [2.45, 2.75) is 24.4 Å². The number of halogens is 3. The lowest BCUT2D eigenvalue weighted by molar-refractivity contribution is -0.139. The topological polar surface area (TPSA) is 29.4 Å². The second-order valence-electron chi connectivity index (χ2n) is 4.93. The number of rotatable bonds is 0. The van der Waals surface area contributed by atoms with E-state index in [4.69, 9.17) is 0 Å². The summed E-state index contributed by atoms with van der Waals surface area (Å²) < 4.78 is 43.3. The van der Waals surface area contributed by atoms with E-state index < -0.39 is 11.7 Å². The third-order valence-electron chi connectivity index (χ3n) is 3.33. The molecule has 0 saturated carbocycles. The monoisotopic (exact) mass is 309 g/mol. The van der Waals surface area contributed by atoms with Gasteiger partial charge < -0.3 is 0 Å². The van der Waals surface area contributed by atoms with Crippen molar-refractivity contribution in [1.29, 1.82) is 0 Å². The lowest BCUT2D eigenvalue weighted by Crippen LogP contribution is -2.13. The molecular weight excluding hydrogens is 299 g/mol. The van der Waals surface area contributed by atoms with Crippen molar-refractivity contribution in [2.24, 2.45) is 4.40 Å². The van der Waals surface area contributed by atoms with Gasteiger partial charge in [-0.1, -0.05) is 23.8 Å². The first-order valence-corrected chi connectivity index (χ1v) is 7.01. The molecule has 1 heterocycles. The summed E-state index contributed by atoms with van der Waals surface area (Å²) in [7, 11) is 0. The quantitative estimate of drug-likeness (QED) is 0.662. The Bertz CT molecular complexity index is 729. The number of fused-ring (bicyclic) bond motifs is 2. The summed E-state index contributed by atoms with van der Waals surface area (Å²) in [5.74, 6) is -0.167. The summed E-state index contributed by atoms with van der Waals surface area (Å²) in [4.78, 5) is 12.3. The Morgan fingerprint density at radius 2 is 2.05 bits per heavy atom. The lowest BCUT2D eigenvalue weighted by Gasteiger charge is -2.18. The molecule has 108 valence electrons. The number of alkyl halides is 3. The summed E-state index contributed by atoms with van der Waals surface area (Å²) in [5, 5.41) is 0. The van der Waals surface area contributed by atoms with E-state index in [1.54, 1.807) is 12.1 Å². The van der Waals surface area contributed by atoms with Crippen LogP contribution in [0.2, 0.25) is 0 Å². The van der Waals surface area contributed by atoms with Crippen molar-refractivity contribution in [3.63, 3.8) is 0 Å². The fourth-order valence-electron chi connectivity index (χ4n) is 2.49. The van der Waals surface area contributed by atoms with Crippen LogP contribution in [0.1, 0.15) is 24.5 Å². The number of carbonyl (C=O) groups is 1. The predicted molar refractivity (Wildman–Crippen MR) is 76.1 cm³/mol. The van der Waals surface area contributed by atoms with Gasteiger partial charge in [0.1, 0.15) is 0 Å². The van der Waals surface area contributed by atoms with Crippen LogP contribution in [0.5, 0.6) is 0 Å². The average Bonchev–Trinajstić information content (AvgIpc) is 2.55. The van der Waals surface area contributed by atoms with E-state index in [9.17, 15) is 18.0 Å². The van der Waals surface area contributed by atoms with Crippen molar-refractivity contribution in [3.8, 4) is 0 Å². The van der Waals surface area contributed by atoms with Crippen molar-refractivity contribution in [3.05, 3.63) is 46.5 Å². The Morgan fingerprint density at radius 1 is 1.29 bits per heavy atom. The fourth-order valence-corrected chi connectivity index (χ4v) is 3.31. The Labute approximate surface area is 123 Å². The van der Waals surface area contributed by atoms with E-state index >= 15 is 0 Å². The van der Waals surface area contributed by atoms with Gasteiger partial charge in [0.2, 0.25) is 0 Å². The lowest BCUT2D eigenvalue weighted by atomic mass is 9.87. The van der Waals surface area contributed by atoms with E-state index in [0.29, 0.717) is 16.7 Å². The smallest absolute Gasteiger partial charge is 0.294 e. The number of Topliss-reactive ketones (excluding diaryl/α,β-unsaturated/α-hetero) is 1. The molecule has 0 fully saturated rings. The van der Waals surface area contributed by atoms with Gasteiger partial charge >= 0.3 is 6.18 Å². The molecule has 3 rings (SSSR count). The Morgan fingerprint density at radius 3 is 2.76 bits per heavy atom. The number of carbonyl (C=O) groups excluding carboxylic acids is 1. The molecule has 2 nitrogen and oxygen atoms in total. The van der Waals surface area contributed by atoms with Gasteiger partial charge in [-0.25, -0.2) is 4.40 Å². The van der Waals surface area contributed by atoms with Crippen LogP contribution in [0.3, 0.4) is 0 Å². The highest BCUT2D eigenvalue weighted by Crippen LogP contribution is 2.44.